The van der Waals surface area contributed by atoms with Gasteiger partial charge in [-0.25, -0.2) is 12.8 Å². The minimum absolute atomic E-state index is 0.0399. The zero-order valence-corrected chi connectivity index (χ0v) is 22.5. The van der Waals surface area contributed by atoms with E-state index in [1.165, 1.54) is 29.2 Å². The normalized spacial score (nSPS) is 14.7. The highest BCUT2D eigenvalue weighted by molar-refractivity contribution is 7.92. The van der Waals surface area contributed by atoms with Crippen molar-refractivity contribution >= 4 is 27.5 Å². The Morgan fingerprint density at radius 1 is 1.14 bits per heavy atom. The lowest BCUT2D eigenvalue weighted by molar-refractivity contribution is -0.141. The van der Waals surface area contributed by atoms with Crippen molar-refractivity contribution in [1.29, 1.82) is 0 Å². The number of amides is 2. The number of benzene rings is 2. The summed E-state index contributed by atoms with van der Waals surface area (Å²) in [4.78, 5) is 28.0. The fourth-order valence-electron chi connectivity index (χ4n) is 4.55. The molecule has 0 saturated heterocycles. The van der Waals surface area contributed by atoms with Crippen molar-refractivity contribution in [2.45, 2.75) is 64.1 Å². The average Bonchev–Trinajstić information content (AvgIpc) is 3.38. The van der Waals surface area contributed by atoms with Crippen LogP contribution >= 0.6 is 0 Å². The van der Waals surface area contributed by atoms with Crippen LogP contribution in [-0.2, 0) is 26.2 Å². The number of anilines is 1. The molecule has 2 amide bonds. The molecule has 0 spiro atoms. The van der Waals surface area contributed by atoms with E-state index in [1.807, 2.05) is 18.2 Å². The predicted molar refractivity (Wildman–Crippen MR) is 141 cm³/mol. The van der Waals surface area contributed by atoms with Gasteiger partial charge in [-0.1, -0.05) is 25.0 Å². The van der Waals surface area contributed by atoms with Crippen molar-refractivity contribution in [3.05, 3.63) is 59.9 Å². The molecule has 1 atom stereocenters. The molecule has 0 aliphatic heterocycles. The summed E-state index contributed by atoms with van der Waals surface area (Å²) in [6.07, 6.45) is 5.38. The van der Waals surface area contributed by atoms with E-state index in [1.54, 1.807) is 20.1 Å². The Morgan fingerprint density at radius 2 is 1.81 bits per heavy atom. The van der Waals surface area contributed by atoms with E-state index in [-0.39, 0.29) is 43.8 Å². The molecular weight excluding hydrogens is 497 g/mol. The van der Waals surface area contributed by atoms with Gasteiger partial charge in [0.2, 0.25) is 21.8 Å². The van der Waals surface area contributed by atoms with Crippen molar-refractivity contribution in [1.82, 2.24) is 10.2 Å². The molecule has 10 heteroatoms. The van der Waals surface area contributed by atoms with Crippen LogP contribution < -0.4 is 14.4 Å². The number of rotatable bonds is 12. The van der Waals surface area contributed by atoms with E-state index >= 15 is 0 Å². The summed E-state index contributed by atoms with van der Waals surface area (Å²) in [6.45, 7) is 1.97. The Bertz CT molecular complexity index is 1170. The van der Waals surface area contributed by atoms with Crippen molar-refractivity contribution in [3.8, 4) is 5.75 Å². The molecule has 1 aliphatic rings. The molecule has 8 nitrogen and oxygen atoms in total. The Kier molecular flexibility index (Phi) is 9.91. The number of hydrogen-bond acceptors (Lipinski definition) is 5. The highest BCUT2D eigenvalue weighted by atomic mass is 32.2. The first-order chi connectivity index (χ1) is 17.6. The van der Waals surface area contributed by atoms with Crippen molar-refractivity contribution < 1.29 is 27.1 Å². The Balaban J connectivity index is 1.72. The number of sulfonamides is 1. The molecule has 1 aliphatic carbocycles. The van der Waals surface area contributed by atoms with E-state index in [9.17, 15) is 22.4 Å². The molecule has 1 fully saturated rings. The second-order valence-electron chi connectivity index (χ2n) is 9.45. The van der Waals surface area contributed by atoms with E-state index in [0.717, 1.165) is 41.8 Å². The number of carbonyl (C=O) groups excluding carboxylic acids is 2. The van der Waals surface area contributed by atoms with Crippen molar-refractivity contribution in [2.75, 3.05) is 24.2 Å². The first kappa shape index (κ1) is 28.4. The summed E-state index contributed by atoms with van der Waals surface area (Å²) in [6, 6.07) is 11.9. The highest BCUT2D eigenvalue weighted by Crippen LogP contribution is 2.21. The molecule has 0 heterocycles. The number of nitrogens with one attached hydrogen (secondary N) is 1. The van der Waals surface area contributed by atoms with Crippen LogP contribution in [-0.4, -0.2) is 57.1 Å². The predicted octanol–water partition coefficient (Wildman–Crippen LogP) is 3.86. The van der Waals surface area contributed by atoms with E-state index in [2.05, 4.69) is 5.32 Å². The zero-order chi connectivity index (χ0) is 27.0. The number of carbonyl (C=O) groups is 2. The van der Waals surface area contributed by atoms with E-state index < -0.39 is 21.9 Å². The molecule has 3 rings (SSSR count). The quantitative estimate of drug-likeness (QED) is 0.447. The van der Waals surface area contributed by atoms with Crippen LogP contribution in [0.5, 0.6) is 5.75 Å². The van der Waals surface area contributed by atoms with Crippen LogP contribution in [0, 0.1) is 5.82 Å². The van der Waals surface area contributed by atoms with Gasteiger partial charge in [0.25, 0.3) is 0 Å². The van der Waals surface area contributed by atoms with Crippen LogP contribution in [0.4, 0.5) is 10.1 Å². The zero-order valence-electron chi connectivity index (χ0n) is 21.7. The molecule has 0 unspecified atom stereocenters. The topological polar surface area (TPSA) is 96.0 Å². The number of ether oxygens (including phenoxy) is 1. The molecule has 2 aromatic carbocycles. The minimum atomic E-state index is -3.64. The monoisotopic (exact) mass is 533 g/mol. The van der Waals surface area contributed by atoms with Gasteiger partial charge in [-0.3, -0.25) is 13.9 Å². The van der Waals surface area contributed by atoms with Gasteiger partial charge in [0.15, 0.2) is 0 Å². The molecular formula is C27H36FN3O5S. The average molecular weight is 534 g/mol. The number of nitrogens with zero attached hydrogens (tertiary/aromatic N) is 2. The van der Waals surface area contributed by atoms with Gasteiger partial charge in [-0.05, 0) is 68.1 Å². The third-order valence-electron chi connectivity index (χ3n) is 6.62. The summed E-state index contributed by atoms with van der Waals surface area (Å²) in [7, 11) is -2.08. The Hall–Kier alpha value is -3.14. The number of hydrogen-bond donors (Lipinski definition) is 1. The number of methoxy groups -OCH3 is 1. The number of halogens is 1. The lowest BCUT2D eigenvalue weighted by Crippen LogP contribution is -2.49. The molecule has 2 aromatic rings. The summed E-state index contributed by atoms with van der Waals surface area (Å²) in [5.74, 6) is -0.279. The standard InChI is InChI=1S/C27H36FN3O5S/c1-20(27(33)29-23-9-4-5-10-23)30(19-21-8-6-11-25(18-21)36-2)26(32)12-7-17-31(37(3,34)35)24-15-13-22(28)14-16-24/h6,8,11,13-16,18,20,23H,4-5,7,9-10,12,17,19H2,1-3H3,(H,29,33)/t20-/m0/s1. The van der Waals surface area contributed by atoms with Crippen molar-refractivity contribution in [3.63, 3.8) is 0 Å². The Labute approximate surface area is 218 Å². The molecule has 202 valence electrons. The van der Waals surface area contributed by atoms with Crippen LogP contribution in [0.25, 0.3) is 0 Å². The molecule has 37 heavy (non-hydrogen) atoms. The first-order valence-corrected chi connectivity index (χ1v) is 14.4. The fourth-order valence-corrected chi connectivity index (χ4v) is 5.52. The Morgan fingerprint density at radius 3 is 2.43 bits per heavy atom. The van der Waals surface area contributed by atoms with Gasteiger partial charge in [0, 0.05) is 25.6 Å². The fraction of sp³-hybridized carbons (Fsp3) is 0.481. The van der Waals surface area contributed by atoms with Gasteiger partial charge in [0.05, 0.1) is 19.1 Å². The van der Waals surface area contributed by atoms with E-state index in [4.69, 9.17) is 4.74 Å². The van der Waals surface area contributed by atoms with Crippen LogP contribution in [0.1, 0.15) is 51.0 Å². The largest absolute Gasteiger partial charge is 0.497 e. The maximum atomic E-state index is 13.4. The van der Waals surface area contributed by atoms with Crippen LogP contribution in [0.3, 0.4) is 0 Å². The van der Waals surface area contributed by atoms with Gasteiger partial charge >= 0.3 is 0 Å². The smallest absolute Gasteiger partial charge is 0.242 e. The molecule has 1 saturated carbocycles. The van der Waals surface area contributed by atoms with Gasteiger partial charge in [-0.2, -0.15) is 0 Å². The molecule has 0 radical (unpaired) electrons. The lowest BCUT2D eigenvalue weighted by atomic mass is 10.1. The third kappa shape index (κ3) is 8.18. The maximum absolute atomic E-state index is 13.4. The van der Waals surface area contributed by atoms with Gasteiger partial charge in [0.1, 0.15) is 17.6 Å². The van der Waals surface area contributed by atoms with Crippen LogP contribution in [0.2, 0.25) is 0 Å². The second kappa shape index (κ2) is 12.9. The highest BCUT2D eigenvalue weighted by Gasteiger charge is 2.29. The third-order valence-corrected chi connectivity index (χ3v) is 7.82. The second-order valence-corrected chi connectivity index (χ2v) is 11.4. The minimum Gasteiger partial charge on any atom is -0.497 e. The summed E-state index contributed by atoms with van der Waals surface area (Å²) in [5.41, 5.74) is 1.14. The molecule has 0 bridgehead atoms. The van der Waals surface area contributed by atoms with Crippen LogP contribution in [0.15, 0.2) is 48.5 Å². The first-order valence-electron chi connectivity index (χ1n) is 12.5. The van der Waals surface area contributed by atoms with Crippen molar-refractivity contribution in [2.24, 2.45) is 0 Å². The van der Waals surface area contributed by atoms with Gasteiger partial charge in [-0.15, -0.1) is 0 Å². The van der Waals surface area contributed by atoms with E-state index in [0.29, 0.717) is 11.4 Å². The van der Waals surface area contributed by atoms with Gasteiger partial charge < -0.3 is 15.0 Å². The molecule has 0 aromatic heterocycles. The maximum Gasteiger partial charge on any atom is 0.242 e. The lowest BCUT2D eigenvalue weighted by Gasteiger charge is -2.30. The summed E-state index contributed by atoms with van der Waals surface area (Å²) >= 11 is 0. The summed E-state index contributed by atoms with van der Waals surface area (Å²) < 4.78 is 44.5. The SMILES string of the molecule is COc1cccc(CN(C(=O)CCCN(c2ccc(F)cc2)S(C)(=O)=O)[C@@H](C)C(=O)NC2CCCC2)c1. The summed E-state index contributed by atoms with van der Waals surface area (Å²) in [5, 5.41) is 3.07. The molecule has 1 N–H and O–H groups in total.